The van der Waals surface area contributed by atoms with Crippen LogP contribution in [0.3, 0.4) is 0 Å². The fourth-order valence-corrected chi connectivity index (χ4v) is 4.85. The number of benzene rings is 1. The zero-order chi connectivity index (χ0) is 26.7. The molecule has 3 heterocycles. The lowest BCUT2D eigenvalue weighted by atomic mass is 9.98. The van der Waals surface area contributed by atoms with Gasteiger partial charge in [-0.3, -0.25) is 14.4 Å². The van der Waals surface area contributed by atoms with E-state index in [1.165, 1.54) is 19.4 Å². The van der Waals surface area contributed by atoms with Crippen molar-refractivity contribution < 1.29 is 23.2 Å². The number of anilines is 2. The number of alkyl halides is 2. The van der Waals surface area contributed by atoms with Crippen LogP contribution in [0.4, 0.5) is 20.2 Å². The second-order valence-corrected chi connectivity index (χ2v) is 9.35. The third-order valence-electron chi connectivity index (χ3n) is 6.61. The normalized spacial score (nSPS) is 16.9. The Morgan fingerprint density at radius 3 is 2.62 bits per heavy atom. The summed E-state index contributed by atoms with van der Waals surface area (Å²) in [5.41, 5.74) is 1.01. The molecule has 196 valence electrons. The number of nitrogens with one attached hydrogen (secondary N) is 4. The Morgan fingerprint density at radius 2 is 1.95 bits per heavy atom. The topological polar surface area (TPSA) is 106 Å². The van der Waals surface area contributed by atoms with Gasteiger partial charge < -0.3 is 25.8 Å². The third kappa shape index (κ3) is 5.64. The number of aromatic nitrogens is 1. The largest absolute Gasteiger partial charge is 0.358 e. The minimum Gasteiger partial charge on any atom is -0.358 e. The van der Waals surface area contributed by atoms with E-state index in [0.717, 1.165) is 25.9 Å². The smallest absolute Gasteiger partial charge is 0.294 e. The average Bonchev–Trinajstić information content (AvgIpc) is 3.35. The number of likely N-dealkylation sites (tertiary alicyclic amines) is 1. The number of halogens is 2. The third-order valence-corrected chi connectivity index (χ3v) is 6.61. The van der Waals surface area contributed by atoms with E-state index in [-0.39, 0.29) is 28.4 Å². The highest BCUT2D eigenvalue weighted by Crippen LogP contribution is 2.40. The first kappa shape index (κ1) is 26.3. The molecule has 4 rings (SSSR count). The van der Waals surface area contributed by atoms with Gasteiger partial charge in [0, 0.05) is 48.3 Å². The van der Waals surface area contributed by atoms with Gasteiger partial charge >= 0.3 is 0 Å². The van der Waals surface area contributed by atoms with E-state index in [1.54, 1.807) is 25.1 Å². The Labute approximate surface area is 214 Å². The lowest BCUT2D eigenvalue weighted by Crippen LogP contribution is -2.38. The molecule has 0 atom stereocenters. The molecule has 1 fully saturated rings. The number of aromatic amines is 1. The number of H-pyrrole nitrogens is 1. The molecule has 0 spiro atoms. The summed E-state index contributed by atoms with van der Waals surface area (Å²) in [5, 5.41) is 8.12. The molecule has 2 aliphatic heterocycles. The standard InChI is InChI=1S/C27H31F2N5O3/c1-4-27(28,29)24-22(15-20-19-14-18(32-17(3)35)8-9-21(19)33-25(20)36)31-16(2)23(24)26(37)30-10-13-34-11-6-5-7-12-34/h4,8-9,14-15,31H,1,5-7,10-13H2,2-3H3,(H,30,37)(H,32,35)(H,33,36)/b20-15-. The highest BCUT2D eigenvalue weighted by molar-refractivity contribution is 6.35. The van der Waals surface area contributed by atoms with Crippen molar-refractivity contribution in [2.24, 2.45) is 0 Å². The molecule has 0 saturated carbocycles. The number of aryl methyl sites for hydroxylation is 1. The summed E-state index contributed by atoms with van der Waals surface area (Å²) in [4.78, 5) is 42.4. The van der Waals surface area contributed by atoms with Crippen molar-refractivity contribution >= 4 is 40.7 Å². The summed E-state index contributed by atoms with van der Waals surface area (Å²) in [6, 6.07) is 4.85. The lowest BCUT2D eigenvalue weighted by Gasteiger charge is -2.26. The van der Waals surface area contributed by atoms with E-state index in [2.05, 4.69) is 32.4 Å². The van der Waals surface area contributed by atoms with E-state index < -0.39 is 23.3 Å². The second-order valence-electron chi connectivity index (χ2n) is 9.35. The minimum atomic E-state index is -3.54. The molecule has 8 nitrogen and oxygen atoms in total. The van der Waals surface area contributed by atoms with Crippen molar-refractivity contribution in [3.8, 4) is 0 Å². The molecule has 10 heteroatoms. The Kier molecular flexibility index (Phi) is 7.58. The molecular formula is C27H31F2N5O3. The number of carbonyl (C=O) groups is 3. The minimum absolute atomic E-state index is 0.0634. The number of carbonyl (C=O) groups excluding carboxylic acids is 3. The fraction of sp³-hybridized carbons (Fsp3) is 0.370. The number of piperidine rings is 1. The Balaban J connectivity index is 1.68. The van der Waals surface area contributed by atoms with E-state index >= 15 is 8.78 Å². The number of hydrogen-bond acceptors (Lipinski definition) is 4. The summed E-state index contributed by atoms with van der Waals surface area (Å²) < 4.78 is 30.3. The number of amides is 3. The van der Waals surface area contributed by atoms with E-state index in [9.17, 15) is 14.4 Å². The van der Waals surface area contributed by atoms with Gasteiger partial charge in [-0.1, -0.05) is 13.0 Å². The summed E-state index contributed by atoms with van der Waals surface area (Å²) in [7, 11) is 0. The Morgan fingerprint density at radius 1 is 1.22 bits per heavy atom. The molecule has 1 saturated heterocycles. The number of rotatable bonds is 8. The van der Waals surface area contributed by atoms with Crippen LogP contribution >= 0.6 is 0 Å². The van der Waals surface area contributed by atoms with Crippen molar-refractivity contribution in [3.63, 3.8) is 0 Å². The first-order valence-electron chi connectivity index (χ1n) is 12.3. The van der Waals surface area contributed by atoms with Gasteiger partial charge in [0.2, 0.25) is 5.91 Å². The van der Waals surface area contributed by atoms with Crippen LogP contribution in [0, 0.1) is 6.92 Å². The average molecular weight is 512 g/mol. The molecule has 0 aliphatic carbocycles. The Hall–Kier alpha value is -3.79. The zero-order valence-electron chi connectivity index (χ0n) is 21.0. The monoisotopic (exact) mass is 511 g/mol. The maximum atomic E-state index is 15.2. The van der Waals surface area contributed by atoms with Gasteiger partial charge in [-0.25, -0.2) is 0 Å². The van der Waals surface area contributed by atoms with Gasteiger partial charge in [0.25, 0.3) is 17.7 Å². The summed E-state index contributed by atoms with van der Waals surface area (Å²) in [6.45, 7) is 9.07. The number of allylic oxidation sites excluding steroid dienone is 1. The molecule has 0 unspecified atom stereocenters. The molecule has 2 aromatic rings. The predicted molar refractivity (Wildman–Crippen MR) is 139 cm³/mol. The van der Waals surface area contributed by atoms with Crippen LogP contribution in [0.15, 0.2) is 30.9 Å². The number of nitrogens with zero attached hydrogens (tertiary/aromatic N) is 1. The van der Waals surface area contributed by atoms with Crippen LogP contribution < -0.4 is 16.0 Å². The van der Waals surface area contributed by atoms with Gasteiger partial charge in [0.15, 0.2) is 0 Å². The first-order valence-corrected chi connectivity index (χ1v) is 12.3. The predicted octanol–water partition coefficient (Wildman–Crippen LogP) is 4.27. The van der Waals surface area contributed by atoms with Gasteiger partial charge in [0.1, 0.15) is 0 Å². The van der Waals surface area contributed by atoms with Crippen LogP contribution in [0.1, 0.15) is 59.1 Å². The van der Waals surface area contributed by atoms with Crippen LogP contribution in [-0.2, 0) is 15.5 Å². The molecule has 2 aliphatic rings. The maximum Gasteiger partial charge on any atom is 0.294 e. The van der Waals surface area contributed by atoms with E-state index in [0.29, 0.717) is 36.1 Å². The van der Waals surface area contributed by atoms with Crippen molar-refractivity contribution in [1.82, 2.24) is 15.2 Å². The van der Waals surface area contributed by atoms with E-state index in [4.69, 9.17) is 0 Å². The first-order chi connectivity index (χ1) is 17.6. The molecular weight excluding hydrogens is 480 g/mol. The quantitative estimate of drug-likeness (QED) is 0.314. The number of hydrogen-bond donors (Lipinski definition) is 4. The number of fused-ring (bicyclic) bond motifs is 1. The van der Waals surface area contributed by atoms with Gasteiger partial charge in [-0.2, -0.15) is 8.78 Å². The Bertz CT molecular complexity index is 1280. The van der Waals surface area contributed by atoms with Crippen molar-refractivity contribution in [3.05, 3.63) is 58.9 Å². The molecule has 1 aromatic carbocycles. The van der Waals surface area contributed by atoms with Crippen LogP contribution in [0.25, 0.3) is 11.6 Å². The molecule has 37 heavy (non-hydrogen) atoms. The van der Waals surface area contributed by atoms with Gasteiger partial charge in [-0.15, -0.1) is 0 Å². The van der Waals surface area contributed by atoms with Gasteiger partial charge in [0.05, 0.1) is 16.7 Å². The molecule has 1 aromatic heterocycles. The van der Waals surface area contributed by atoms with Crippen LogP contribution in [0.5, 0.6) is 0 Å². The molecule has 3 amide bonds. The second kappa shape index (κ2) is 10.7. The summed E-state index contributed by atoms with van der Waals surface area (Å²) in [5.74, 6) is -4.92. The highest BCUT2D eigenvalue weighted by atomic mass is 19.3. The molecule has 4 N–H and O–H groups in total. The molecule has 0 radical (unpaired) electrons. The highest BCUT2D eigenvalue weighted by Gasteiger charge is 2.38. The lowest BCUT2D eigenvalue weighted by molar-refractivity contribution is -0.114. The van der Waals surface area contributed by atoms with Crippen LogP contribution in [-0.4, -0.2) is 53.8 Å². The SMILES string of the molecule is C=CC(F)(F)c1c(/C=C2\C(=O)Nc3ccc(NC(C)=O)cc32)[nH]c(C)c1C(=O)NCCN1CCCCC1. The van der Waals surface area contributed by atoms with Crippen molar-refractivity contribution in [1.29, 1.82) is 0 Å². The zero-order valence-corrected chi connectivity index (χ0v) is 21.0. The van der Waals surface area contributed by atoms with Gasteiger partial charge in [-0.05, 0) is 63.2 Å². The fourth-order valence-electron chi connectivity index (χ4n) is 4.85. The maximum absolute atomic E-state index is 15.2. The molecule has 0 bridgehead atoms. The summed E-state index contributed by atoms with van der Waals surface area (Å²) in [6.07, 6.45) is 5.21. The van der Waals surface area contributed by atoms with E-state index in [1.807, 2.05) is 0 Å². The summed E-state index contributed by atoms with van der Waals surface area (Å²) >= 11 is 0. The van der Waals surface area contributed by atoms with Crippen LogP contribution in [0.2, 0.25) is 0 Å². The van der Waals surface area contributed by atoms with Crippen molar-refractivity contribution in [2.45, 2.75) is 39.0 Å². The van der Waals surface area contributed by atoms with Crippen molar-refractivity contribution in [2.75, 3.05) is 36.8 Å².